The Morgan fingerprint density at radius 3 is 2.50 bits per heavy atom. The summed E-state index contributed by atoms with van der Waals surface area (Å²) in [6.45, 7) is 6.29. The van der Waals surface area contributed by atoms with Gasteiger partial charge in [-0.15, -0.1) is 0 Å². The van der Waals surface area contributed by atoms with Crippen LogP contribution < -0.4 is 0 Å². The van der Waals surface area contributed by atoms with E-state index in [1.807, 2.05) is 18.2 Å². The number of hydrogen-bond donors (Lipinski definition) is 1. The summed E-state index contributed by atoms with van der Waals surface area (Å²) >= 11 is 0. The molecule has 1 heterocycles. The fourth-order valence-electron chi connectivity index (χ4n) is 1.80. The van der Waals surface area contributed by atoms with Gasteiger partial charge < -0.3 is 9.88 Å². The standard InChI is InChI=1S/C14H19N3O/c1-14(2,3)13-15-10-8-6-7-9(11(10)16-13)12(18)17(4)5/h6-8H,1-5H3,(H,15,16). The fraction of sp³-hybridized carbons (Fsp3) is 0.429. The summed E-state index contributed by atoms with van der Waals surface area (Å²) in [5.41, 5.74) is 2.25. The van der Waals surface area contributed by atoms with Crippen LogP contribution in [0.5, 0.6) is 0 Å². The molecule has 1 aromatic heterocycles. The highest BCUT2D eigenvalue weighted by Gasteiger charge is 2.21. The second-order valence-electron chi connectivity index (χ2n) is 5.74. The SMILES string of the molecule is CN(C)C(=O)c1cccc2[nH]c(C(C)(C)C)nc12. The molecule has 96 valence electrons. The maximum absolute atomic E-state index is 12.1. The number of carbonyl (C=O) groups is 1. The molecule has 0 radical (unpaired) electrons. The van der Waals surface area contributed by atoms with E-state index in [0.29, 0.717) is 5.56 Å². The van der Waals surface area contributed by atoms with Crippen molar-refractivity contribution in [1.29, 1.82) is 0 Å². The predicted molar refractivity (Wildman–Crippen MR) is 72.8 cm³/mol. The fourth-order valence-corrected chi connectivity index (χ4v) is 1.80. The van der Waals surface area contributed by atoms with Gasteiger partial charge in [0.1, 0.15) is 11.3 Å². The van der Waals surface area contributed by atoms with E-state index in [9.17, 15) is 4.79 Å². The Balaban J connectivity index is 2.63. The zero-order valence-electron chi connectivity index (χ0n) is 11.5. The first-order valence-corrected chi connectivity index (χ1v) is 6.01. The van der Waals surface area contributed by atoms with Crippen molar-refractivity contribution in [3.05, 3.63) is 29.6 Å². The number of benzene rings is 1. The molecule has 4 nitrogen and oxygen atoms in total. The summed E-state index contributed by atoms with van der Waals surface area (Å²) in [5, 5.41) is 0. The van der Waals surface area contributed by atoms with Crippen LogP contribution in [0, 0.1) is 0 Å². The van der Waals surface area contributed by atoms with Gasteiger partial charge in [-0.2, -0.15) is 0 Å². The number of amides is 1. The molecule has 1 aromatic carbocycles. The van der Waals surface area contributed by atoms with Gasteiger partial charge in [-0.25, -0.2) is 4.98 Å². The third-order valence-electron chi connectivity index (χ3n) is 2.86. The van der Waals surface area contributed by atoms with Gasteiger partial charge in [-0.1, -0.05) is 26.8 Å². The molecule has 1 amide bonds. The molecular formula is C14H19N3O. The summed E-state index contributed by atoms with van der Waals surface area (Å²) in [7, 11) is 3.50. The molecule has 0 saturated heterocycles. The molecule has 2 aromatic rings. The number of nitrogens with zero attached hydrogens (tertiary/aromatic N) is 2. The van der Waals surface area contributed by atoms with E-state index in [-0.39, 0.29) is 11.3 Å². The smallest absolute Gasteiger partial charge is 0.255 e. The molecule has 1 N–H and O–H groups in total. The number of imidazole rings is 1. The van der Waals surface area contributed by atoms with E-state index < -0.39 is 0 Å². The van der Waals surface area contributed by atoms with Crippen LogP contribution in [0.2, 0.25) is 0 Å². The van der Waals surface area contributed by atoms with Crippen LogP contribution in [0.4, 0.5) is 0 Å². The van der Waals surface area contributed by atoms with E-state index >= 15 is 0 Å². The quantitative estimate of drug-likeness (QED) is 0.839. The average molecular weight is 245 g/mol. The predicted octanol–water partition coefficient (Wildman–Crippen LogP) is 2.56. The number of nitrogens with one attached hydrogen (secondary N) is 1. The topological polar surface area (TPSA) is 49.0 Å². The monoisotopic (exact) mass is 245 g/mol. The van der Waals surface area contributed by atoms with Crippen molar-refractivity contribution in [3.8, 4) is 0 Å². The van der Waals surface area contributed by atoms with E-state index in [2.05, 4.69) is 30.7 Å². The van der Waals surface area contributed by atoms with Crippen LogP contribution in [0.1, 0.15) is 37.0 Å². The lowest BCUT2D eigenvalue weighted by molar-refractivity contribution is 0.0829. The molecule has 0 unspecified atom stereocenters. The average Bonchev–Trinajstić information content (AvgIpc) is 2.70. The van der Waals surface area contributed by atoms with Crippen molar-refractivity contribution in [3.63, 3.8) is 0 Å². The van der Waals surface area contributed by atoms with E-state index in [1.54, 1.807) is 19.0 Å². The molecule has 0 aliphatic carbocycles. The number of hydrogen-bond acceptors (Lipinski definition) is 2. The number of rotatable bonds is 1. The molecule has 0 aliphatic heterocycles. The largest absolute Gasteiger partial charge is 0.345 e. The third-order valence-corrected chi connectivity index (χ3v) is 2.86. The second-order valence-corrected chi connectivity index (χ2v) is 5.74. The van der Waals surface area contributed by atoms with Crippen LogP contribution in [0.15, 0.2) is 18.2 Å². The minimum absolute atomic E-state index is 0.0208. The molecule has 18 heavy (non-hydrogen) atoms. The van der Waals surface area contributed by atoms with Gasteiger partial charge in [0.25, 0.3) is 5.91 Å². The van der Waals surface area contributed by atoms with Gasteiger partial charge in [0.2, 0.25) is 0 Å². The van der Waals surface area contributed by atoms with Gasteiger partial charge >= 0.3 is 0 Å². The van der Waals surface area contributed by atoms with Crippen molar-refractivity contribution < 1.29 is 4.79 Å². The summed E-state index contributed by atoms with van der Waals surface area (Å²) in [5.74, 6) is 0.879. The van der Waals surface area contributed by atoms with Crippen LogP contribution in [0.3, 0.4) is 0 Å². The highest BCUT2D eigenvalue weighted by Crippen LogP contribution is 2.24. The molecule has 0 bridgehead atoms. The Hall–Kier alpha value is -1.84. The first-order chi connectivity index (χ1) is 8.30. The maximum atomic E-state index is 12.1. The molecule has 2 rings (SSSR count). The Kier molecular flexibility index (Phi) is 2.89. The molecule has 0 aliphatic rings. The first-order valence-electron chi connectivity index (χ1n) is 6.01. The zero-order valence-corrected chi connectivity index (χ0v) is 11.5. The van der Waals surface area contributed by atoms with E-state index in [1.165, 1.54) is 0 Å². The minimum atomic E-state index is -0.0581. The molecule has 0 saturated carbocycles. The summed E-state index contributed by atoms with van der Waals surface area (Å²) < 4.78 is 0. The second kappa shape index (κ2) is 4.12. The van der Waals surface area contributed by atoms with Gasteiger partial charge in [0.15, 0.2) is 0 Å². The van der Waals surface area contributed by atoms with Gasteiger partial charge in [0, 0.05) is 19.5 Å². The Morgan fingerprint density at radius 1 is 1.28 bits per heavy atom. The van der Waals surface area contributed by atoms with E-state index in [0.717, 1.165) is 16.9 Å². The Labute approximate surface area is 107 Å². The number of aromatic nitrogens is 2. The number of para-hydroxylation sites is 1. The Bertz CT molecular complexity index is 591. The lowest BCUT2D eigenvalue weighted by Crippen LogP contribution is -2.22. The lowest BCUT2D eigenvalue weighted by atomic mass is 9.96. The van der Waals surface area contributed by atoms with Crippen LogP contribution in [-0.4, -0.2) is 34.9 Å². The maximum Gasteiger partial charge on any atom is 0.255 e. The van der Waals surface area contributed by atoms with Crippen LogP contribution in [0.25, 0.3) is 11.0 Å². The van der Waals surface area contributed by atoms with Crippen molar-refractivity contribution in [1.82, 2.24) is 14.9 Å². The molecule has 0 fully saturated rings. The number of aromatic amines is 1. The van der Waals surface area contributed by atoms with E-state index in [4.69, 9.17) is 0 Å². The molecule has 4 heteroatoms. The summed E-state index contributed by atoms with van der Waals surface area (Å²) in [6, 6.07) is 5.64. The van der Waals surface area contributed by atoms with Crippen molar-refractivity contribution >= 4 is 16.9 Å². The lowest BCUT2D eigenvalue weighted by Gasteiger charge is -2.13. The number of H-pyrrole nitrogens is 1. The Morgan fingerprint density at radius 2 is 1.94 bits per heavy atom. The van der Waals surface area contributed by atoms with Crippen molar-refractivity contribution in [2.45, 2.75) is 26.2 Å². The van der Waals surface area contributed by atoms with Crippen LogP contribution in [-0.2, 0) is 5.41 Å². The molecule has 0 atom stereocenters. The molecular weight excluding hydrogens is 226 g/mol. The van der Waals surface area contributed by atoms with Crippen molar-refractivity contribution in [2.24, 2.45) is 0 Å². The summed E-state index contributed by atoms with van der Waals surface area (Å²) in [6.07, 6.45) is 0. The van der Waals surface area contributed by atoms with Gasteiger partial charge in [0.05, 0.1) is 11.1 Å². The highest BCUT2D eigenvalue weighted by molar-refractivity contribution is 6.04. The minimum Gasteiger partial charge on any atom is -0.345 e. The highest BCUT2D eigenvalue weighted by atomic mass is 16.2. The summed E-state index contributed by atoms with van der Waals surface area (Å²) in [4.78, 5) is 21.5. The zero-order chi connectivity index (χ0) is 13.5. The third kappa shape index (κ3) is 2.10. The normalized spacial score (nSPS) is 11.8. The van der Waals surface area contributed by atoms with Gasteiger partial charge in [-0.3, -0.25) is 4.79 Å². The van der Waals surface area contributed by atoms with Crippen molar-refractivity contribution in [2.75, 3.05) is 14.1 Å². The number of carbonyl (C=O) groups excluding carboxylic acids is 1. The van der Waals surface area contributed by atoms with Crippen LogP contribution >= 0.6 is 0 Å². The molecule has 0 spiro atoms. The number of fused-ring (bicyclic) bond motifs is 1. The van der Waals surface area contributed by atoms with Gasteiger partial charge in [-0.05, 0) is 12.1 Å². The first kappa shape index (κ1) is 12.6.